The topological polar surface area (TPSA) is 29.9 Å². The molecule has 18 heavy (non-hydrogen) atoms. The zero-order chi connectivity index (χ0) is 13.1. The van der Waals surface area contributed by atoms with Crippen LogP contribution in [0.4, 0.5) is 20.4 Å². The maximum Gasteiger partial charge on any atom is 0.207 e. The molecular formula is C13H13F2N3. The van der Waals surface area contributed by atoms with E-state index in [1.165, 1.54) is 12.1 Å². The van der Waals surface area contributed by atoms with Crippen LogP contribution < -0.4 is 5.32 Å². The van der Waals surface area contributed by atoms with Gasteiger partial charge in [-0.2, -0.15) is 0 Å². The SMILES string of the molecule is C=CCn1cc(C)nc1Nc1ccc(F)cc1F. The zero-order valence-electron chi connectivity index (χ0n) is 9.95. The molecule has 0 aliphatic carbocycles. The molecule has 0 saturated carbocycles. The second-order valence-electron chi connectivity index (χ2n) is 3.90. The summed E-state index contributed by atoms with van der Waals surface area (Å²) < 4.78 is 28.1. The van der Waals surface area contributed by atoms with E-state index in [2.05, 4.69) is 16.9 Å². The van der Waals surface area contributed by atoms with Crippen LogP contribution in [0.1, 0.15) is 5.69 Å². The Kier molecular flexibility index (Phi) is 3.41. The van der Waals surface area contributed by atoms with E-state index in [-0.39, 0.29) is 5.69 Å². The van der Waals surface area contributed by atoms with Crippen LogP contribution in [0.25, 0.3) is 0 Å². The van der Waals surface area contributed by atoms with Crippen molar-refractivity contribution in [3.63, 3.8) is 0 Å². The van der Waals surface area contributed by atoms with Gasteiger partial charge in [-0.1, -0.05) is 6.08 Å². The highest BCUT2D eigenvalue weighted by atomic mass is 19.1. The van der Waals surface area contributed by atoms with E-state index >= 15 is 0 Å². The number of halogens is 2. The summed E-state index contributed by atoms with van der Waals surface area (Å²) in [6, 6.07) is 3.36. The predicted molar refractivity (Wildman–Crippen MR) is 66.8 cm³/mol. The summed E-state index contributed by atoms with van der Waals surface area (Å²) in [6.45, 7) is 6.04. The van der Waals surface area contributed by atoms with Crippen molar-refractivity contribution in [3.05, 3.63) is 54.4 Å². The fourth-order valence-electron chi connectivity index (χ4n) is 1.64. The molecule has 0 bridgehead atoms. The number of hydrogen-bond acceptors (Lipinski definition) is 2. The van der Waals surface area contributed by atoms with Crippen LogP contribution >= 0.6 is 0 Å². The molecule has 0 aliphatic heterocycles. The third-order valence-corrected chi connectivity index (χ3v) is 2.40. The second-order valence-corrected chi connectivity index (χ2v) is 3.90. The highest BCUT2D eigenvalue weighted by Gasteiger charge is 2.08. The maximum absolute atomic E-state index is 13.5. The molecule has 2 rings (SSSR count). The lowest BCUT2D eigenvalue weighted by atomic mass is 10.3. The predicted octanol–water partition coefficient (Wildman–Crippen LogP) is 3.40. The molecule has 1 heterocycles. The highest BCUT2D eigenvalue weighted by Crippen LogP contribution is 2.20. The minimum Gasteiger partial charge on any atom is -0.323 e. The molecule has 0 amide bonds. The number of nitrogens with zero attached hydrogens (tertiary/aromatic N) is 2. The van der Waals surface area contributed by atoms with Gasteiger partial charge in [-0.25, -0.2) is 13.8 Å². The largest absolute Gasteiger partial charge is 0.323 e. The van der Waals surface area contributed by atoms with Gasteiger partial charge in [-0.15, -0.1) is 6.58 Å². The average Bonchev–Trinajstić information content (AvgIpc) is 2.64. The quantitative estimate of drug-likeness (QED) is 0.842. The van der Waals surface area contributed by atoms with Crippen molar-refractivity contribution in [3.8, 4) is 0 Å². The van der Waals surface area contributed by atoms with Crippen LogP contribution in [0.3, 0.4) is 0 Å². The molecule has 0 atom stereocenters. The minimum absolute atomic E-state index is 0.187. The molecule has 0 fully saturated rings. The Morgan fingerprint density at radius 2 is 2.22 bits per heavy atom. The van der Waals surface area contributed by atoms with E-state index < -0.39 is 11.6 Å². The van der Waals surface area contributed by atoms with Crippen LogP contribution in [0, 0.1) is 18.6 Å². The Labute approximate surface area is 104 Å². The van der Waals surface area contributed by atoms with Gasteiger partial charge in [0.05, 0.1) is 11.4 Å². The summed E-state index contributed by atoms with van der Waals surface area (Å²) in [4.78, 5) is 4.23. The van der Waals surface area contributed by atoms with Crippen molar-refractivity contribution in [2.75, 3.05) is 5.32 Å². The molecule has 0 aliphatic rings. The van der Waals surface area contributed by atoms with E-state index in [1.807, 2.05) is 13.1 Å². The third kappa shape index (κ3) is 2.56. The van der Waals surface area contributed by atoms with Crippen molar-refractivity contribution in [1.82, 2.24) is 9.55 Å². The molecule has 0 radical (unpaired) electrons. The summed E-state index contributed by atoms with van der Waals surface area (Å²) in [6.07, 6.45) is 3.54. The number of anilines is 2. The molecule has 1 N–H and O–H groups in total. The number of rotatable bonds is 4. The van der Waals surface area contributed by atoms with Gasteiger partial charge in [0.1, 0.15) is 11.6 Å². The molecule has 2 aromatic rings. The molecule has 5 heteroatoms. The number of imidazole rings is 1. The van der Waals surface area contributed by atoms with Crippen LogP contribution in [-0.4, -0.2) is 9.55 Å². The number of benzene rings is 1. The summed E-state index contributed by atoms with van der Waals surface area (Å²) in [5, 5.41) is 2.84. The van der Waals surface area contributed by atoms with Crippen molar-refractivity contribution in [2.24, 2.45) is 0 Å². The van der Waals surface area contributed by atoms with Crippen LogP contribution in [0.5, 0.6) is 0 Å². The minimum atomic E-state index is -0.652. The number of aromatic nitrogens is 2. The van der Waals surface area contributed by atoms with E-state index in [1.54, 1.807) is 10.6 Å². The van der Waals surface area contributed by atoms with Gasteiger partial charge in [0, 0.05) is 18.8 Å². The lowest BCUT2D eigenvalue weighted by Crippen LogP contribution is -2.03. The fraction of sp³-hybridized carbons (Fsp3) is 0.154. The monoisotopic (exact) mass is 249 g/mol. The Bertz CT molecular complexity index is 576. The first-order chi connectivity index (χ1) is 8.60. The van der Waals surface area contributed by atoms with Gasteiger partial charge in [-0.05, 0) is 19.1 Å². The molecule has 3 nitrogen and oxygen atoms in total. The normalized spacial score (nSPS) is 10.4. The van der Waals surface area contributed by atoms with E-state index in [9.17, 15) is 8.78 Å². The van der Waals surface area contributed by atoms with Crippen molar-refractivity contribution in [1.29, 1.82) is 0 Å². The molecule has 1 aromatic carbocycles. The van der Waals surface area contributed by atoms with Gasteiger partial charge in [0.15, 0.2) is 0 Å². The Balaban J connectivity index is 2.30. The third-order valence-electron chi connectivity index (χ3n) is 2.40. The maximum atomic E-state index is 13.5. The fourth-order valence-corrected chi connectivity index (χ4v) is 1.64. The van der Waals surface area contributed by atoms with Crippen LogP contribution in [0.2, 0.25) is 0 Å². The smallest absolute Gasteiger partial charge is 0.207 e. The molecule has 94 valence electrons. The summed E-state index contributed by atoms with van der Waals surface area (Å²) >= 11 is 0. The molecular weight excluding hydrogens is 236 g/mol. The number of hydrogen-bond donors (Lipinski definition) is 1. The van der Waals surface area contributed by atoms with Crippen LogP contribution in [-0.2, 0) is 6.54 Å². The van der Waals surface area contributed by atoms with Gasteiger partial charge in [-0.3, -0.25) is 0 Å². The van der Waals surface area contributed by atoms with Gasteiger partial charge < -0.3 is 9.88 Å². The van der Waals surface area contributed by atoms with E-state index in [0.717, 1.165) is 11.8 Å². The second kappa shape index (κ2) is 5.00. The highest BCUT2D eigenvalue weighted by molar-refractivity contribution is 5.54. The van der Waals surface area contributed by atoms with Crippen molar-refractivity contribution < 1.29 is 8.78 Å². The first-order valence-corrected chi connectivity index (χ1v) is 5.47. The Morgan fingerprint density at radius 1 is 1.44 bits per heavy atom. The van der Waals surface area contributed by atoms with Crippen molar-refractivity contribution >= 4 is 11.6 Å². The first-order valence-electron chi connectivity index (χ1n) is 5.47. The Morgan fingerprint density at radius 3 is 2.89 bits per heavy atom. The lowest BCUT2D eigenvalue weighted by molar-refractivity contribution is 0.585. The lowest BCUT2D eigenvalue weighted by Gasteiger charge is -2.08. The van der Waals surface area contributed by atoms with Gasteiger partial charge in [0.25, 0.3) is 0 Å². The summed E-state index contributed by atoms with van der Waals surface area (Å²) in [5.74, 6) is -0.762. The van der Waals surface area contributed by atoms with Gasteiger partial charge >= 0.3 is 0 Å². The average molecular weight is 249 g/mol. The van der Waals surface area contributed by atoms with Gasteiger partial charge in [0.2, 0.25) is 5.95 Å². The first kappa shape index (κ1) is 12.3. The Hall–Kier alpha value is -2.17. The summed E-state index contributed by atoms with van der Waals surface area (Å²) in [5.41, 5.74) is 0.995. The van der Waals surface area contributed by atoms with Crippen molar-refractivity contribution in [2.45, 2.75) is 13.5 Å². The van der Waals surface area contributed by atoms with Crippen LogP contribution in [0.15, 0.2) is 37.1 Å². The van der Waals surface area contributed by atoms with E-state index in [0.29, 0.717) is 12.5 Å². The summed E-state index contributed by atoms with van der Waals surface area (Å²) in [7, 11) is 0. The molecule has 0 unspecified atom stereocenters. The number of nitrogens with one attached hydrogen (secondary N) is 1. The number of allylic oxidation sites excluding steroid dienone is 1. The number of aryl methyl sites for hydroxylation is 1. The standard InChI is InChI=1S/C13H13F2N3/c1-3-6-18-8-9(2)16-13(18)17-12-5-4-10(14)7-11(12)15/h3-5,7-8H,1,6H2,2H3,(H,16,17). The zero-order valence-corrected chi connectivity index (χ0v) is 9.95. The molecule has 0 saturated heterocycles. The molecule has 0 spiro atoms. The van der Waals surface area contributed by atoms with E-state index in [4.69, 9.17) is 0 Å². The molecule has 1 aromatic heterocycles.